The van der Waals surface area contributed by atoms with E-state index in [1.807, 2.05) is 18.4 Å². The molecule has 0 aliphatic heterocycles. The minimum absolute atomic E-state index is 0.0161. The van der Waals surface area contributed by atoms with Crippen LogP contribution in [-0.4, -0.2) is 41.9 Å². The van der Waals surface area contributed by atoms with Crippen molar-refractivity contribution in [1.82, 2.24) is 13.9 Å². The number of sulfonamides is 1. The zero-order chi connectivity index (χ0) is 13.9. The van der Waals surface area contributed by atoms with Gasteiger partial charge >= 0.3 is 0 Å². The number of hydrogen-bond acceptors (Lipinski definition) is 4. The highest BCUT2D eigenvalue weighted by Gasteiger charge is 2.24. The van der Waals surface area contributed by atoms with E-state index in [4.69, 9.17) is 5.73 Å². The van der Waals surface area contributed by atoms with Crippen LogP contribution in [0.2, 0.25) is 0 Å². The molecule has 0 bridgehead atoms. The van der Waals surface area contributed by atoms with Gasteiger partial charge in [-0.05, 0) is 27.2 Å². The molecule has 6 nitrogen and oxygen atoms in total. The van der Waals surface area contributed by atoms with E-state index in [-0.39, 0.29) is 11.1 Å². The van der Waals surface area contributed by atoms with Gasteiger partial charge in [0.05, 0.1) is 0 Å². The van der Waals surface area contributed by atoms with Crippen molar-refractivity contribution in [2.24, 2.45) is 5.73 Å². The molecular weight excluding hydrogens is 252 g/mol. The molecule has 7 heteroatoms. The number of hydrogen-bond donors (Lipinski definition) is 1. The Balaban J connectivity index is 2.91. The minimum atomic E-state index is -3.50. The number of nitrogens with two attached hydrogens (primary N) is 1. The summed E-state index contributed by atoms with van der Waals surface area (Å²) in [6.45, 7) is 6.71. The summed E-state index contributed by atoms with van der Waals surface area (Å²) in [5.41, 5.74) is 5.63. The van der Waals surface area contributed by atoms with Crippen molar-refractivity contribution in [1.29, 1.82) is 0 Å². The second-order valence-electron chi connectivity index (χ2n) is 4.50. The van der Waals surface area contributed by atoms with Gasteiger partial charge in [0.15, 0.2) is 5.03 Å². The van der Waals surface area contributed by atoms with Gasteiger partial charge in [-0.1, -0.05) is 0 Å². The van der Waals surface area contributed by atoms with Crippen molar-refractivity contribution in [2.75, 3.05) is 13.6 Å². The molecule has 2 N–H and O–H groups in total. The van der Waals surface area contributed by atoms with Crippen LogP contribution in [0, 0.1) is 6.92 Å². The highest BCUT2D eigenvalue weighted by atomic mass is 32.2. The molecule has 0 aliphatic carbocycles. The third kappa shape index (κ3) is 3.30. The Kier molecular flexibility index (Phi) is 4.89. The van der Waals surface area contributed by atoms with Gasteiger partial charge in [-0.3, -0.25) is 0 Å². The second kappa shape index (κ2) is 5.81. The molecule has 0 saturated carbocycles. The second-order valence-corrected chi connectivity index (χ2v) is 6.50. The van der Waals surface area contributed by atoms with Crippen LogP contribution < -0.4 is 5.73 Å². The SMILES string of the molecule is CCn1cc(S(=O)(=O)N(C)CCC(C)N)nc1C. The van der Waals surface area contributed by atoms with E-state index in [1.54, 1.807) is 20.2 Å². The van der Waals surface area contributed by atoms with Gasteiger partial charge in [-0.15, -0.1) is 0 Å². The summed E-state index contributed by atoms with van der Waals surface area (Å²) in [6, 6.07) is -0.0161. The molecule has 0 spiro atoms. The standard InChI is InChI=1S/C11H22N4O2S/c1-5-15-8-11(13-10(15)3)18(16,17)14(4)7-6-9(2)12/h8-9H,5-7,12H2,1-4H3. The van der Waals surface area contributed by atoms with Crippen LogP contribution in [0.25, 0.3) is 0 Å². The number of nitrogens with zero attached hydrogens (tertiary/aromatic N) is 3. The van der Waals surface area contributed by atoms with E-state index in [1.165, 1.54) is 4.31 Å². The molecular formula is C11H22N4O2S. The molecule has 1 aromatic heterocycles. The molecule has 1 rings (SSSR count). The Morgan fingerprint density at radius 3 is 2.61 bits per heavy atom. The minimum Gasteiger partial charge on any atom is -0.334 e. The monoisotopic (exact) mass is 274 g/mol. The van der Waals surface area contributed by atoms with Crippen molar-refractivity contribution in [2.45, 2.75) is 44.8 Å². The van der Waals surface area contributed by atoms with Gasteiger partial charge < -0.3 is 10.3 Å². The number of aryl methyl sites for hydroxylation is 2. The summed E-state index contributed by atoms with van der Waals surface area (Å²) < 4.78 is 27.6. The van der Waals surface area contributed by atoms with E-state index >= 15 is 0 Å². The summed E-state index contributed by atoms with van der Waals surface area (Å²) in [5, 5.41) is 0.106. The average Bonchev–Trinajstić information content (AvgIpc) is 2.67. The van der Waals surface area contributed by atoms with Crippen LogP contribution in [0.3, 0.4) is 0 Å². The van der Waals surface area contributed by atoms with Gasteiger partial charge in [0.25, 0.3) is 10.0 Å². The first-order valence-corrected chi connectivity index (χ1v) is 7.48. The summed E-state index contributed by atoms with van der Waals surface area (Å²) in [5.74, 6) is 0.705. The van der Waals surface area contributed by atoms with Crippen molar-refractivity contribution < 1.29 is 8.42 Å². The molecule has 1 aromatic rings. The average molecular weight is 274 g/mol. The number of imidazole rings is 1. The number of aromatic nitrogens is 2. The molecule has 1 unspecified atom stereocenters. The highest BCUT2D eigenvalue weighted by molar-refractivity contribution is 7.89. The van der Waals surface area contributed by atoms with Crippen molar-refractivity contribution in [3.8, 4) is 0 Å². The molecule has 0 radical (unpaired) electrons. The highest BCUT2D eigenvalue weighted by Crippen LogP contribution is 2.14. The van der Waals surface area contributed by atoms with E-state index in [9.17, 15) is 8.42 Å². The van der Waals surface area contributed by atoms with Crippen LogP contribution in [0.1, 0.15) is 26.1 Å². The Bertz CT molecular complexity index is 493. The lowest BCUT2D eigenvalue weighted by Crippen LogP contribution is -2.31. The molecule has 0 fully saturated rings. The fraction of sp³-hybridized carbons (Fsp3) is 0.727. The zero-order valence-electron chi connectivity index (χ0n) is 11.4. The zero-order valence-corrected chi connectivity index (χ0v) is 12.2. The molecule has 0 aromatic carbocycles. The molecule has 18 heavy (non-hydrogen) atoms. The molecule has 0 aliphatic rings. The Labute approximate surface area is 109 Å². The van der Waals surface area contributed by atoms with Gasteiger partial charge in [0, 0.05) is 32.4 Å². The van der Waals surface area contributed by atoms with E-state index in [2.05, 4.69) is 4.98 Å². The van der Waals surface area contributed by atoms with E-state index in [0.29, 0.717) is 25.3 Å². The van der Waals surface area contributed by atoms with Gasteiger partial charge in [-0.25, -0.2) is 13.4 Å². The maximum Gasteiger partial charge on any atom is 0.261 e. The lowest BCUT2D eigenvalue weighted by atomic mass is 10.2. The summed E-state index contributed by atoms with van der Waals surface area (Å²) in [6.07, 6.45) is 2.20. The molecule has 1 atom stereocenters. The lowest BCUT2D eigenvalue weighted by Gasteiger charge is -2.16. The fourth-order valence-electron chi connectivity index (χ4n) is 1.59. The first-order chi connectivity index (χ1) is 8.28. The van der Waals surface area contributed by atoms with Crippen LogP contribution >= 0.6 is 0 Å². The first-order valence-electron chi connectivity index (χ1n) is 6.04. The quantitative estimate of drug-likeness (QED) is 0.822. The molecule has 1 heterocycles. The third-order valence-corrected chi connectivity index (χ3v) is 4.60. The lowest BCUT2D eigenvalue weighted by molar-refractivity contribution is 0.444. The summed E-state index contributed by atoms with van der Waals surface area (Å²) in [7, 11) is -1.95. The number of rotatable bonds is 6. The summed E-state index contributed by atoms with van der Waals surface area (Å²) >= 11 is 0. The third-order valence-electron chi connectivity index (χ3n) is 2.87. The maximum absolute atomic E-state index is 12.2. The topological polar surface area (TPSA) is 81.2 Å². The Morgan fingerprint density at radius 2 is 2.17 bits per heavy atom. The Hall–Kier alpha value is -0.920. The van der Waals surface area contributed by atoms with Gasteiger partial charge in [-0.2, -0.15) is 4.31 Å². The van der Waals surface area contributed by atoms with Crippen molar-refractivity contribution >= 4 is 10.0 Å². The first kappa shape index (κ1) is 15.1. The van der Waals surface area contributed by atoms with Crippen molar-refractivity contribution in [3.05, 3.63) is 12.0 Å². The largest absolute Gasteiger partial charge is 0.334 e. The molecule has 0 saturated heterocycles. The van der Waals surface area contributed by atoms with E-state index in [0.717, 1.165) is 0 Å². The Morgan fingerprint density at radius 1 is 1.56 bits per heavy atom. The van der Waals surface area contributed by atoms with Crippen molar-refractivity contribution in [3.63, 3.8) is 0 Å². The van der Waals surface area contributed by atoms with Crippen LogP contribution in [-0.2, 0) is 16.6 Å². The predicted molar refractivity (Wildman–Crippen MR) is 70.7 cm³/mol. The summed E-state index contributed by atoms with van der Waals surface area (Å²) in [4.78, 5) is 4.10. The molecule has 104 valence electrons. The maximum atomic E-state index is 12.2. The fourth-order valence-corrected chi connectivity index (χ4v) is 2.76. The molecule has 0 amide bonds. The normalized spacial score (nSPS) is 14.1. The van der Waals surface area contributed by atoms with E-state index < -0.39 is 10.0 Å². The predicted octanol–water partition coefficient (Wildman–Crippen LogP) is 0.569. The van der Waals surface area contributed by atoms with Crippen LogP contribution in [0.15, 0.2) is 11.2 Å². The van der Waals surface area contributed by atoms with Crippen LogP contribution in [0.4, 0.5) is 0 Å². The van der Waals surface area contributed by atoms with Gasteiger partial charge in [0.2, 0.25) is 0 Å². The smallest absolute Gasteiger partial charge is 0.261 e. The van der Waals surface area contributed by atoms with Gasteiger partial charge in [0.1, 0.15) is 5.82 Å². The van der Waals surface area contributed by atoms with Crippen LogP contribution in [0.5, 0.6) is 0 Å².